The van der Waals surface area contributed by atoms with Gasteiger partial charge in [0.05, 0.1) is 18.0 Å². The van der Waals surface area contributed by atoms with Gasteiger partial charge in [-0.1, -0.05) is 6.07 Å². The first-order valence-corrected chi connectivity index (χ1v) is 11.6. The van der Waals surface area contributed by atoms with Gasteiger partial charge in [0.2, 0.25) is 21.8 Å². The highest BCUT2D eigenvalue weighted by Crippen LogP contribution is 2.25. The fraction of sp³-hybridized carbons (Fsp3) is 0.550. The minimum atomic E-state index is -3.39. The zero-order valence-corrected chi connectivity index (χ0v) is 18.4. The second kappa shape index (κ2) is 8.63. The Morgan fingerprint density at radius 1 is 1.07 bits per heavy atom. The lowest BCUT2D eigenvalue weighted by Crippen LogP contribution is -2.61. The van der Waals surface area contributed by atoms with E-state index in [-0.39, 0.29) is 36.6 Å². The van der Waals surface area contributed by atoms with Crippen LogP contribution in [-0.2, 0) is 19.6 Å². The number of likely N-dealkylation sites (N-methyl/N-ethyl adjacent to an activating group) is 1. The number of rotatable bonds is 3. The predicted octanol–water partition coefficient (Wildman–Crippen LogP) is 0.378. The summed E-state index contributed by atoms with van der Waals surface area (Å²) in [7, 11) is -0.171. The van der Waals surface area contributed by atoms with Crippen molar-refractivity contribution in [3.63, 3.8) is 0 Å². The molecule has 9 nitrogen and oxygen atoms in total. The Balaban J connectivity index is 1.89. The monoisotopic (exact) mass is 436 g/mol. The van der Waals surface area contributed by atoms with Gasteiger partial charge in [-0.3, -0.25) is 18.7 Å². The van der Waals surface area contributed by atoms with Gasteiger partial charge in [0.25, 0.3) is 5.91 Å². The first-order valence-electron chi connectivity index (χ1n) is 10.00. The van der Waals surface area contributed by atoms with Crippen molar-refractivity contribution >= 4 is 33.4 Å². The molecule has 0 saturated carbocycles. The number of piperazine rings is 1. The molecule has 30 heavy (non-hydrogen) atoms. The van der Waals surface area contributed by atoms with Crippen LogP contribution in [0.15, 0.2) is 24.3 Å². The third-order valence-electron chi connectivity index (χ3n) is 5.54. The molecule has 0 aliphatic carbocycles. The van der Waals surface area contributed by atoms with E-state index in [1.54, 1.807) is 43.3 Å². The average Bonchev–Trinajstić information content (AvgIpc) is 2.71. The summed E-state index contributed by atoms with van der Waals surface area (Å²) in [5.74, 6) is -0.660. The molecule has 1 aromatic carbocycles. The maximum Gasteiger partial charge on any atom is 0.254 e. The highest BCUT2D eigenvalue weighted by molar-refractivity contribution is 7.92. The molecule has 0 bridgehead atoms. The van der Waals surface area contributed by atoms with E-state index in [9.17, 15) is 22.8 Å². The van der Waals surface area contributed by atoms with E-state index in [0.29, 0.717) is 30.8 Å². The van der Waals surface area contributed by atoms with Crippen molar-refractivity contribution in [3.8, 4) is 0 Å². The molecule has 0 spiro atoms. The molecule has 0 unspecified atom stereocenters. The number of carbonyl (C=O) groups excluding carboxylic acids is 3. The lowest BCUT2D eigenvalue weighted by atomic mass is 10.1. The number of carbonyl (C=O) groups is 3. The molecule has 164 valence electrons. The van der Waals surface area contributed by atoms with Gasteiger partial charge in [-0.15, -0.1) is 0 Å². The number of nitrogens with zero attached hydrogens (tertiary/aromatic N) is 4. The second-order valence-electron chi connectivity index (χ2n) is 7.86. The van der Waals surface area contributed by atoms with Gasteiger partial charge in [-0.25, -0.2) is 8.42 Å². The van der Waals surface area contributed by atoms with E-state index in [2.05, 4.69) is 0 Å². The van der Waals surface area contributed by atoms with Crippen LogP contribution in [0.25, 0.3) is 0 Å². The largest absolute Gasteiger partial charge is 0.347 e. The second-order valence-corrected chi connectivity index (χ2v) is 9.87. The zero-order chi connectivity index (χ0) is 22.1. The number of benzene rings is 1. The van der Waals surface area contributed by atoms with Crippen LogP contribution in [0, 0.1) is 0 Å². The molecule has 2 heterocycles. The van der Waals surface area contributed by atoms with Gasteiger partial charge in [-0.2, -0.15) is 0 Å². The van der Waals surface area contributed by atoms with Crippen molar-refractivity contribution < 1.29 is 22.8 Å². The summed E-state index contributed by atoms with van der Waals surface area (Å²) in [4.78, 5) is 42.3. The third-order valence-corrected chi connectivity index (χ3v) is 7.41. The molecule has 3 rings (SSSR count). The van der Waals surface area contributed by atoms with E-state index < -0.39 is 16.1 Å². The SMILES string of the molecule is CC(=O)N1CCN(C(=O)c2cccc(N3CCCCS3(=O)=O)c2)[C@@H](C(=O)N(C)C)C1. The number of hydrogen-bond donors (Lipinski definition) is 0. The number of amides is 3. The quantitative estimate of drug-likeness (QED) is 0.682. The molecule has 0 aromatic heterocycles. The highest BCUT2D eigenvalue weighted by Gasteiger charge is 2.37. The van der Waals surface area contributed by atoms with Crippen LogP contribution in [-0.4, -0.2) is 92.9 Å². The number of sulfonamides is 1. The molecule has 2 fully saturated rings. The molecule has 2 aliphatic rings. The minimum Gasteiger partial charge on any atom is -0.347 e. The van der Waals surface area contributed by atoms with Crippen molar-refractivity contribution in [1.29, 1.82) is 0 Å². The van der Waals surface area contributed by atoms with Crippen LogP contribution >= 0.6 is 0 Å². The molecule has 10 heteroatoms. The zero-order valence-electron chi connectivity index (χ0n) is 17.6. The smallest absolute Gasteiger partial charge is 0.254 e. The van der Waals surface area contributed by atoms with E-state index in [4.69, 9.17) is 0 Å². The fourth-order valence-electron chi connectivity index (χ4n) is 3.86. The molecule has 1 atom stereocenters. The van der Waals surface area contributed by atoms with Crippen LogP contribution in [0.5, 0.6) is 0 Å². The maximum absolute atomic E-state index is 13.3. The van der Waals surface area contributed by atoms with Crippen LogP contribution in [0.2, 0.25) is 0 Å². The van der Waals surface area contributed by atoms with Crippen molar-refractivity contribution in [2.45, 2.75) is 25.8 Å². The summed E-state index contributed by atoms with van der Waals surface area (Å²) in [6.07, 6.45) is 1.40. The van der Waals surface area contributed by atoms with Crippen LogP contribution in [0.1, 0.15) is 30.1 Å². The molecule has 1 aromatic rings. The molecule has 2 aliphatic heterocycles. The highest BCUT2D eigenvalue weighted by atomic mass is 32.2. The Kier molecular flexibility index (Phi) is 6.35. The Labute approximate surface area is 177 Å². The fourth-order valence-corrected chi connectivity index (χ4v) is 5.49. The number of hydrogen-bond acceptors (Lipinski definition) is 5. The summed E-state index contributed by atoms with van der Waals surface area (Å²) in [5, 5.41) is 0. The van der Waals surface area contributed by atoms with E-state index >= 15 is 0 Å². The molecule has 0 radical (unpaired) electrons. The van der Waals surface area contributed by atoms with Crippen LogP contribution in [0.3, 0.4) is 0 Å². The summed E-state index contributed by atoms with van der Waals surface area (Å²) in [5.41, 5.74) is 0.777. The van der Waals surface area contributed by atoms with Crippen LogP contribution in [0.4, 0.5) is 5.69 Å². The first-order chi connectivity index (χ1) is 14.1. The van der Waals surface area contributed by atoms with Gasteiger partial charge >= 0.3 is 0 Å². The van der Waals surface area contributed by atoms with E-state index in [1.807, 2.05) is 0 Å². The molecular weight excluding hydrogens is 408 g/mol. The van der Waals surface area contributed by atoms with Gasteiger partial charge in [0.1, 0.15) is 6.04 Å². The average molecular weight is 437 g/mol. The van der Waals surface area contributed by atoms with Crippen molar-refractivity contribution in [1.82, 2.24) is 14.7 Å². The van der Waals surface area contributed by atoms with Crippen molar-refractivity contribution in [2.75, 3.05) is 50.3 Å². The molecule has 2 saturated heterocycles. The lowest BCUT2D eigenvalue weighted by Gasteiger charge is -2.41. The number of anilines is 1. The van der Waals surface area contributed by atoms with Gasteiger partial charge in [-0.05, 0) is 31.0 Å². The Morgan fingerprint density at radius 3 is 2.43 bits per heavy atom. The maximum atomic E-state index is 13.3. The minimum absolute atomic E-state index is 0.0948. The predicted molar refractivity (Wildman–Crippen MR) is 113 cm³/mol. The Hall–Kier alpha value is -2.62. The third kappa shape index (κ3) is 4.43. The van der Waals surface area contributed by atoms with Crippen molar-refractivity contribution in [3.05, 3.63) is 29.8 Å². The molecule has 0 N–H and O–H groups in total. The van der Waals surface area contributed by atoms with Gasteiger partial charge in [0, 0.05) is 46.2 Å². The first kappa shape index (κ1) is 22.1. The van der Waals surface area contributed by atoms with E-state index in [1.165, 1.54) is 21.0 Å². The lowest BCUT2D eigenvalue weighted by molar-refractivity contribution is -0.139. The van der Waals surface area contributed by atoms with Crippen molar-refractivity contribution in [2.24, 2.45) is 0 Å². The Bertz CT molecular complexity index is 946. The van der Waals surface area contributed by atoms with Crippen LogP contribution < -0.4 is 4.31 Å². The summed E-state index contributed by atoms with van der Waals surface area (Å²) in [6, 6.07) is 5.74. The normalized spacial score (nSPS) is 21.3. The van der Waals surface area contributed by atoms with Gasteiger partial charge < -0.3 is 14.7 Å². The standard InChI is InChI=1S/C20H28N4O5S/c1-15(25)22-10-11-23(18(14-22)20(27)21(2)3)19(26)16-7-6-8-17(13-16)24-9-4-5-12-30(24,28)29/h6-8,13,18H,4-5,9-12,14H2,1-3H3/t18-/m1/s1. The van der Waals surface area contributed by atoms with E-state index in [0.717, 1.165) is 6.42 Å². The molecular formula is C20H28N4O5S. The summed E-state index contributed by atoms with van der Waals surface area (Å²) in [6.45, 7) is 2.54. The van der Waals surface area contributed by atoms with Gasteiger partial charge in [0.15, 0.2) is 0 Å². The summed E-state index contributed by atoms with van der Waals surface area (Å²) < 4.78 is 26.2. The summed E-state index contributed by atoms with van der Waals surface area (Å²) >= 11 is 0. The molecule has 3 amide bonds. The topological polar surface area (TPSA) is 98.3 Å². The Morgan fingerprint density at radius 2 is 1.80 bits per heavy atom.